The smallest absolute Gasteiger partial charge is 0.243 e. The van der Waals surface area contributed by atoms with E-state index >= 15 is 0 Å². The summed E-state index contributed by atoms with van der Waals surface area (Å²) in [5, 5.41) is 14.4. The molecule has 2 amide bonds. The van der Waals surface area contributed by atoms with Crippen LogP contribution in [0.5, 0.6) is 0 Å². The Balaban J connectivity index is 2.16. The number of carbonyl (C=O) groups excluding carboxylic acids is 2. The summed E-state index contributed by atoms with van der Waals surface area (Å²) in [4.78, 5) is 22.5. The molecule has 0 radical (unpaired) electrons. The Labute approximate surface area is 131 Å². The summed E-state index contributed by atoms with van der Waals surface area (Å²) < 4.78 is 0. The molecule has 0 saturated carbocycles. The molecule has 1 aliphatic rings. The minimum atomic E-state index is -0.423. The van der Waals surface area contributed by atoms with Gasteiger partial charge < -0.3 is 10.6 Å². The molecular formula is C16H25N3O3. The van der Waals surface area contributed by atoms with Gasteiger partial charge in [-0.3, -0.25) is 14.8 Å². The number of unbranched alkanes of at least 4 members (excludes halogenated alkanes) is 1. The second-order valence-corrected chi connectivity index (χ2v) is 5.25. The fourth-order valence-electron chi connectivity index (χ4n) is 2.45. The van der Waals surface area contributed by atoms with Gasteiger partial charge in [0.05, 0.1) is 6.04 Å². The number of nitrogens with one attached hydrogen (secondary N) is 3. The molecule has 0 spiro atoms. The van der Waals surface area contributed by atoms with E-state index in [1.807, 2.05) is 18.4 Å². The van der Waals surface area contributed by atoms with Gasteiger partial charge in [-0.05, 0) is 31.0 Å². The molecule has 0 aromatic carbocycles. The molecule has 6 heteroatoms. The minimum Gasteiger partial charge on any atom is -0.384 e. The first kappa shape index (κ1) is 18.0. The van der Waals surface area contributed by atoms with Crippen molar-refractivity contribution in [2.45, 2.75) is 38.1 Å². The molecule has 6 nitrogen and oxygen atoms in total. The predicted octanol–water partition coefficient (Wildman–Crippen LogP) is 1.40. The first-order valence-electron chi connectivity index (χ1n) is 7.52. The Hall–Kier alpha value is -2.08. The highest BCUT2D eigenvalue weighted by atomic mass is 16.5. The van der Waals surface area contributed by atoms with Crippen LogP contribution in [0.15, 0.2) is 37.1 Å². The van der Waals surface area contributed by atoms with Crippen LogP contribution in [0.4, 0.5) is 0 Å². The monoisotopic (exact) mass is 307 g/mol. The molecule has 2 unspecified atom stereocenters. The summed E-state index contributed by atoms with van der Waals surface area (Å²) in [6.07, 6.45) is 8.31. The van der Waals surface area contributed by atoms with Gasteiger partial charge >= 0.3 is 0 Å². The predicted molar refractivity (Wildman–Crippen MR) is 84.9 cm³/mol. The average Bonchev–Trinajstić information content (AvgIpc) is 2.93. The SMILES string of the molecule is C=CC1NC=C(CCNC(=O)CCCCC(=O)NO)C1C=C. The molecule has 22 heavy (non-hydrogen) atoms. The van der Waals surface area contributed by atoms with Gasteiger partial charge in [-0.2, -0.15) is 0 Å². The fraction of sp³-hybridized carbons (Fsp3) is 0.500. The molecule has 0 saturated heterocycles. The van der Waals surface area contributed by atoms with Gasteiger partial charge in [0.1, 0.15) is 0 Å². The van der Waals surface area contributed by atoms with Gasteiger partial charge in [-0.1, -0.05) is 12.2 Å². The highest BCUT2D eigenvalue weighted by Crippen LogP contribution is 2.25. The van der Waals surface area contributed by atoms with Gasteiger partial charge in [-0.15, -0.1) is 13.2 Å². The Morgan fingerprint density at radius 3 is 2.50 bits per heavy atom. The molecular weight excluding hydrogens is 282 g/mol. The van der Waals surface area contributed by atoms with Gasteiger partial charge in [0, 0.05) is 25.3 Å². The third kappa shape index (κ3) is 5.73. The van der Waals surface area contributed by atoms with E-state index in [0.29, 0.717) is 25.8 Å². The first-order valence-corrected chi connectivity index (χ1v) is 7.52. The van der Waals surface area contributed by atoms with Crippen molar-refractivity contribution in [1.29, 1.82) is 0 Å². The van der Waals surface area contributed by atoms with E-state index in [9.17, 15) is 9.59 Å². The van der Waals surface area contributed by atoms with Gasteiger partial charge in [0.15, 0.2) is 0 Å². The third-order valence-electron chi connectivity index (χ3n) is 3.70. The molecule has 4 N–H and O–H groups in total. The number of hydroxylamine groups is 1. The van der Waals surface area contributed by atoms with Crippen molar-refractivity contribution in [1.82, 2.24) is 16.1 Å². The summed E-state index contributed by atoms with van der Waals surface area (Å²) in [7, 11) is 0. The number of rotatable bonds is 10. The molecule has 0 aromatic heterocycles. The lowest BCUT2D eigenvalue weighted by Gasteiger charge is -2.16. The van der Waals surface area contributed by atoms with Crippen molar-refractivity contribution < 1.29 is 14.8 Å². The molecule has 0 bridgehead atoms. The van der Waals surface area contributed by atoms with Crippen molar-refractivity contribution in [2.24, 2.45) is 5.92 Å². The van der Waals surface area contributed by atoms with Gasteiger partial charge in [0.2, 0.25) is 11.8 Å². The minimum absolute atomic E-state index is 0.0219. The number of carbonyl (C=O) groups is 2. The van der Waals surface area contributed by atoms with E-state index in [1.165, 1.54) is 5.57 Å². The van der Waals surface area contributed by atoms with Crippen molar-refractivity contribution in [3.63, 3.8) is 0 Å². The maximum atomic E-state index is 11.7. The first-order chi connectivity index (χ1) is 10.6. The van der Waals surface area contributed by atoms with Crippen LogP contribution in [0.2, 0.25) is 0 Å². The summed E-state index contributed by atoms with van der Waals surface area (Å²) >= 11 is 0. The second kappa shape index (κ2) is 9.78. The molecule has 2 atom stereocenters. The zero-order valence-electron chi connectivity index (χ0n) is 12.8. The van der Waals surface area contributed by atoms with Gasteiger partial charge in [-0.25, -0.2) is 5.48 Å². The fourth-order valence-corrected chi connectivity index (χ4v) is 2.45. The Bertz CT molecular complexity index is 446. The maximum Gasteiger partial charge on any atom is 0.243 e. The lowest BCUT2D eigenvalue weighted by Crippen LogP contribution is -2.26. The van der Waals surface area contributed by atoms with Crippen LogP contribution < -0.4 is 16.1 Å². The molecule has 1 heterocycles. The van der Waals surface area contributed by atoms with Crippen molar-refractivity contribution >= 4 is 11.8 Å². The number of amides is 2. The van der Waals surface area contributed by atoms with Crippen LogP contribution in [-0.2, 0) is 9.59 Å². The zero-order chi connectivity index (χ0) is 16.4. The van der Waals surface area contributed by atoms with E-state index < -0.39 is 5.91 Å². The lowest BCUT2D eigenvalue weighted by atomic mass is 9.93. The van der Waals surface area contributed by atoms with Crippen LogP contribution in [0.25, 0.3) is 0 Å². The summed E-state index contributed by atoms with van der Waals surface area (Å²) in [5.41, 5.74) is 2.78. The van der Waals surface area contributed by atoms with Crippen molar-refractivity contribution in [3.8, 4) is 0 Å². The van der Waals surface area contributed by atoms with E-state index in [1.54, 1.807) is 5.48 Å². The Kier molecular flexibility index (Phi) is 7.99. The quantitative estimate of drug-likeness (QED) is 0.212. The molecule has 0 aromatic rings. The molecule has 0 fully saturated rings. The van der Waals surface area contributed by atoms with E-state index in [2.05, 4.69) is 23.8 Å². The van der Waals surface area contributed by atoms with Crippen LogP contribution in [0.1, 0.15) is 32.1 Å². The summed E-state index contributed by atoms with van der Waals surface area (Å²) in [6, 6.07) is 0.181. The number of hydrogen-bond donors (Lipinski definition) is 4. The summed E-state index contributed by atoms with van der Waals surface area (Å²) in [6.45, 7) is 8.21. The van der Waals surface area contributed by atoms with Crippen LogP contribution in [0, 0.1) is 5.92 Å². The van der Waals surface area contributed by atoms with Crippen molar-refractivity contribution in [2.75, 3.05) is 6.54 Å². The topological polar surface area (TPSA) is 90.5 Å². The summed E-state index contributed by atoms with van der Waals surface area (Å²) in [5.74, 6) is -0.217. The van der Waals surface area contributed by atoms with Crippen molar-refractivity contribution in [3.05, 3.63) is 37.1 Å². The maximum absolute atomic E-state index is 11.7. The largest absolute Gasteiger partial charge is 0.384 e. The molecule has 122 valence electrons. The molecule has 1 rings (SSSR count). The highest BCUT2D eigenvalue weighted by molar-refractivity contribution is 5.76. The number of hydrogen-bond acceptors (Lipinski definition) is 4. The van der Waals surface area contributed by atoms with E-state index in [0.717, 1.165) is 6.42 Å². The van der Waals surface area contributed by atoms with Crippen LogP contribution in [0.3, 0.4) is 0 Å². The van der Waals surface area contributed by atoms with Crippen LogP contribution >= 0.6 is 0 Å². The second-order valence-electron chi connectivity index (χ2n) is 5.25. The van der Waals surface area contributed by atoms with E-state index in [4.69, 9.17) is 5.21 Å². The standard InChI is InChI=1S/C16H25N3O3/c1-3-13-12(11-18-14(13)4-2)9-10-17-15(20)7-5-6-8-16(21)19-22/h3-4,11,13-14,18,22H,1-2,5-10H2,(H,17,20)(H,19,21). The zero-order valence-corrected chi connectivity index (χ0v) is 12.8. The van der Waals surface area contributed by atoms with E-state index in [-0.39, 0.29) is 24.3 Å². The normalized spacial score (nSPS) is 19.8. The van der Waals surface area contributed by atoms with Gasteiger partial charge in [0.25, 0.3) is 0 Å². The highest BCUT2D eigenvalue weighted by Gasteiger charge is 2.24. The third-order valence-corrected chi connectivity index (χ3v) is 3.70. The molecule has 1 aliphatic heterocycles. The van der Waals surface area contributed by atoms with Crippen LogP contribution in [-0.4, -0.2) is 29.6 Å². The Morgan fingerprint density at radius 2 is 1.91 bits per heavy atom. The molecule has 0 aliphatic carbocycles. The Morgan fingerprint density at radius 1 is 1.23 bits per heavy atom. The average molecular weight is 307 g/mol. The lowest BCUT2D eigenvalue weighted by molar-refractivity contribution is -0.129.